The Morgan fingerprint density at radius 1 is 0.600 bits per heavy atom. The fourth-order valence-electron chi connectivity index (χ4n) is 4.60. The quantitative estimate of drug-likeness (QED) is 0.110. The Labute approximate surface area is 229 Å². The first-order valence-corrected chi connectivity index (χ1v) is 14.0. The molecule has 0 aliphatic heterocycles. The number of nitrogens with zero attached hydrogens (tertiary/aromatic N) is 2. The van der Waals surface area contributed by atoms with Crippen LogP contribution < -0.4 is 0 Å². The maximum atomic E-state index is 5.09. The van der Waals surface area contributed by atoms with Gasteiger partial charge in [-0.2, -0.15) is 0 Å². The number of hydrogen-bond donors (Lipinski definition) is 0. The van der Waals surface area contributed by atoms with Gasteiger partial charge in [0.05, 0.1) is 17.1 Å². The summed E-state index contributed by atoms with van der Waals surface area (Å²) < 4.78 is 0. The molecule has 0 saturated heterocycles. The average Bonchev–Trinajstić information content (AvgIpc) is 2.83. The van der Waals surface area contributed by atoms with Gasteiger partial charge in [-0.05, 0) is 85.0 Å². The molecule has 0 unspecified atom stereocenters. The third kappa shape index (κ3) is 11.4. The van der Waals surface area contributed by atoms with Crippen molar-refractivity contribution in [2.24, 2.45) is 9.98 Å². The molecule has 0 fully saturated rings. The van der Waals surface area contributed by atoms with E-state index in [0.29, 0.717) is 0 Å². The molecule has 0 N–H and O–H groups in total. The van der Waals surface area contributed by atoms with E-state index in [0.717, 1.165) is 49.2 Å². The Morgan fingerprint density at radius 2 is 1.11 bits per heavy atom. The van der Waals surface area contributed by atoms with E-state index < -0.39 is 0 Å². The van der Waals surface area contributed by atoms with Crippen LogP contribution in [0.3, 0.4) is 0 Å². The Morgan fingerprint density at radius 3 is 1.66 bits per heavy atom. The number of benzene rings is 2. The van der Waals surface area contributed by atoms with Crippen molar-refractivity contribution >= 4 is 23.3 Å². The molecule has 0 amide bonds. The van der Waals surface area contributed by atoms with Gasteiger partial charge in [-0.25, -0.2) is 0 Å². The number of aliphatic imine (C=N–C) groups is 2. The second-order valence-electron chi connectivity index (χ2n) is 9.58. The zero-order valence-corrected chi connectivity index (χ0v) is 24.5. The van der Waals surface area contributed by atoms with Gasteiger partial charge in [-0.15, -0.1) is 0 Å². The predicted molar refractivity (Wildman–Crippen MR) is 153 cm³/mol. The van der Waals surface area contributed by atoms with E-state index >= 15 is 0 Å². The molecule has 2 rings (SSSR count). The molecule has 0 spiro atoms. The molecular formula is C32H48N2Pd. The van der Waals surface area contributed by atoms with Crippen molar-refractivity contribution in [1.29, 1.82) is 0 Å². The molecule has 35 heavy (non-hydrogen) atoms. The van der Waals surface area contributed by atoms with Crippen molar-refractivity contribution in [1.82, 2.24) is 0 Å². The van der Waals surface area contributed by atoms with Crippen molar-refractivity contribution in [3.05, 3.63) is 58.7 Å². The van der Waals surface area contributed by atoms with Crippen LogP contribution in [0, 0.1) is 0 Å². The zero-order chi connectivity index (χ0) is 24.6. The second-order valence-corrected chi connectivity index (χ2v) is 9.58. The van der Waals surface area contributed by atoms with Gasteiger partial charge in [0.25, 0.3) is 0 Å². The van der Waals surface area contributed by atoms with Crippen molar-refractivity contribution < 1.29 is 20.4 Å². The summed E-state index contributed by atoms with van der Waals surface area (Å²) in [6, 6.07) is 13.6. The van der Waals surface area contributed by atoms with Gasteiger partial charge in [-0.3, -0.25) is 9.98 Å². The molecule has 0 aliphatic rings. The third-order valence-corrected chi connectivity index (χ3v) is 6.38. The van der Waals surface area contributed by atoms with Crippen LogP contribution >= 0.6 is 0 Å². The predicted octanol–water partition coefficient (Wildman–Crippen LogP) is 9.94. The third-order valence-electron chi connectivity index (χ3n) is 6.38. The standard InChI is InChI=1S/C32H48N2.Pd/c1-6-11-12-13-18-32(34-31-22-20-27(15-8-3)29(24-31)17-10-5)25-33-30-21-19-26(14-7-2)28(23-30)16-9-4;/h19-25H,6-18H2,1-5H3;/b33-25+,34-32+;. The molecule has 196 valence electrons. The fourth-order valence-corrected chi connectivity index (χ4v) is 4.60. The number of hydrogen-bond acceptors (Lipinski definition) is 2. The normalized spacial score (nSPS) is 11.7. The molecule has 2 nitrogen and oxygen atoms in total. The molecule has 0 aromatic heterocycles. The molecule has 0 aliphatic carbocycles. The first kappa shape index (κ1) is 31.5. The van der Waals surface area contributed by atoms with Crippen LogP contribution in [0.15, 0.2) is 46.4 Å². The first-order valence-electron chi connectivity index (χ1n) is 14.0. The van der Waals surface area contributed by atoms with E-state index in [4.69, 9.17) is 9.98 Å². The maximum Gasteiger partial charge on any atom is 0.0636 e. The summed E-state index contributed by atoms with van der Waals surface area (Å²) in [5.74, 6) is 0. The summed E-state index contributed by atoms with van der Waals surface area (Å²) in [6.07, 6.45) is 17.2. The molecule has 2 aromatic carbocycles. The Balaban J connectivity index is 0.00000612. The van der Waals surface area contributed by atoms with Gasteiger partial charge in [0.1, 0.15) is 0 Å². The number of aryl methyl sites for hydroxylation is 4. The molecule has 0 radical (unpaired) electrons. The van der Waals surface area contributed by atoms with Crippen molar-refractivity contribution in [3.63, 3.8) is 0 Å². The van der Waals surface area contributed by atoms with E-state index in [-0.39, 0.29) is 20.4 Å². The number of unbranched alkanes of at least 4 members (excludes halogenated alkanes) is 3. The first-order chi connectivity index (χ1) is 16.6. The van der Waals surface area contributed by atoms with Crippen LogP contribution in [-0.4, -0.2) is 11.9 Å². The largest absolute Gasteiger partial charge is 0.255 e. The summed E-state index contributed by atoms with van der Waals surface area (Å²) >= 11 is 0. The van der Waals surface area contributed by atoms with Crippen LogP contribution in [0.2, 0.25) is 0 Å². The van der Waals surface area contributed by atoms with Gasteiger partial charge in [0.15, 0.2) is 0 Å². The van der Waals surface area contributed by atoms with Gasteiger partial charge < -0.3 is 0 Å². The van der Waals surface area contributed by atoms with Crippen molar-refractivity contribution in [2.45, 2.75) is 118 Å². The minimum atomic E-state index is 0. The van der Waals surface area contributed by atoms with E-state index in [1.165, 1.54) is 73.6 Å². The number of rotatable bonds is 16. The molecule has 0 heterocycles. The second kappa shape index (κ2) is 18.7. The van der Waals surface area contributed by atoms with Crippen molar-refractivity contribution in [2.75, 3.05) is 0 Å². The zero-order valence-electron chi connectivity index (χ0n) is 22.9. The summed E-state index contributed by atoms with van der Waals surface area (Å²) in [5.41, 5.74) is 9.10. The molecule has 0 bridgehead atoms. The monoisotopic (exact) mass is 566 g/mol. The summed E-state index contributed by atoms with van der Waals surface area (Å²) in [5, 5.41) is 0. The van der Waals surface area contributed by atoms with E-state index in [1.54, 1.807) is 0 Å². The van der Waals surface area contributed by atoms with Crippen molar-refractivity contribution in [3.8, 4) is 0 Å². The topological polar surface area (TPSA) is 24.7 Å². The van der Waals surface area contributed by atoms with Crippen LogP contribution in [0.1, 0.15) is 115 Å². The van der Waals surface area contributed by atoms with Gasteiger partial charge in [0.2, 0.25) is 0 Å². The Hall–Kier alpha value is -1.56. The SMILES string of the molecule is CCCCCCC(/C=N/c1ccc(CCC)c(CCC)c1)=N\c1ccc(CCC)c(CCC)c1.[Pd]. The smallest absolute Gasteiger partial charge is 0.0636 e. The van der Waals surface area contributed by atoms with Gasteiger partial charge in [-0.1, -0.05) is 91.7 Å². The van der Waals surface area contributed by atoms with Gasteiger partial charge >= 0.3 is 0 Å². The average molecular weight is 567 g/mol. The summed E-state index contributed by atoms with van der Waals surface area (Å²) in [4.78, 5) is 9.98. The molecule has 2 aromatic rings. The van der Waals surface area contributed by atoms with E-state index in [9.17, 15) is 0 Å². The minimum absolute atomic E-state index is 0. The molecule has 0 saturated carbocycles. The van der Waals surface area contributed by atoms with Gasteiger partial charge in [0, 0.05) is 26.6 Å². The molecule has 3 heteroatoms. The van der Waals surface area contributed by atoms with Crippen LogP contribution in [0.5, 0.6) is 0 Å². The van der Waals surface area contributed by atoms with Crippen LogP contribution in [-0.2, 0) is 46.1 Å². The Bertz CT molecular complexity index is 914. The summed E-state index contributed by atoms with van der Waals surface area (Å²) in [7, 11) is 0. The Kier molecular flexibility index (Phi) is 16.8. The van der Waals surface area contributed by atoms with E-state index in [2.05, 4.69) is 71.0 Å². The maximum absolute atomic E-state index is 5.09. The molecular weight excluding hydrogens is 519 g/mol. The summed E-state index contributed by atoms with van der Waals surface area (Å²) in [6.45, 7) is 11.3. The molecule has 0 atom stereocenters. The van der Waals surface area contributed by atoms with Crippen LogP contribution in [0.4, 0.5) is 11.4 Å². The van der Waals surface area contributed by atoms with E-state index in [1.807, 2.05) is 6.21 Å². The fraction of sp³-hybridized carbons (Fsp3) is 0.562. The minimum Gasteiger partial charge on any atom is -0.255 e. The van der Waals surface area contributed by atoms with Crippen LogP contribution in [0.25, 0.3) is 0 Å².